The van der Waals surface area contributed by atoms with Crippen LogP contribution in [0.15, 0.2) is 35.0 Å². The maximum Gasteiger partial charge on any atom is 0.317 e. The molecule has 2 aromatic heterocycles. The number of carbonyl (C=O) groups excluding carboxylic acids is 1. The molecule has 0 spiro atoms. The van der Waals surface area contributed by atoms with E-state index in [1.807, 2.05) is 35.0 Å². The summed E-state index contributed by atoms with van der Waals surface area (Å²) in [7, 11) is 1.63. The summed E-state index contributed by atoms with van der Waals surface area (Å²) in [6.07, 6.45) is 0. The molecule has 7 nitrogen and oxygen atoms in total. The maximum atomic E-state index is 11.6. The Balaban J connectivity index is 1.54. The number of nitrogens with one attached hydrogen (secondary N) is 1. The van der Waals surface area contributed by atoms with Gasteiger partial charge in [0.25, 0.3) is 0 Å². The Kier molecular flexibility index (Phi) is 5.26. The second kappa shape index (κ2) is 8.15. The molecule has 2 amide bonds. The van der Waals surface area contributed by atoms with Crippen molar-refractivity contribution >= 4 is 28.4 Å². The normalized spacial score (nSPS) is 13.2. The molecule has 1 N–H and O–H groups in total. The molecule has 1 aliphatic heterocycles. The van der Waals surface area contributed by atoms with Crippen LogP contribution in [0.5, 0.6) is 11.6 Å². The predicted octanol–water partition coefficient (Wildman–Crippen LogP) is 2.50. The number of methoxy groups -OCH3 is 1. The van der Waals surface area contributed by atoms with Gasteiger partial charge in [-0.05, 0) is 30.2 Å². The molecule has 4 rings (SSSR count). The zero-order valence-electron chi connectivity index (χ0n) is 15.3. The third-order valence-corrected chi connectivity index (χ3v) is 4.96. The van der Waals surface area contributed by atoms with Crippen LogP contribution >= 0.6 is 11.3 Å². The number of nitrogens with zero attached hydrogens (tertiary/aromatic N) is 3. The highest BCUT2D eigenvalue weighted by atomic mass is 32.1. The average molecular weight is 394 g/mol. The van der Waals surface area contributed by atoms with E-state index in [2.05, 4.69) is 27.1 Å². The SMILES string of the molecule is COc1ccc(C#Cc2nc3cscc3nc2OCCN2CCNC2=O)cc1. The first kappa shape index (κ1) is 18.1. The van der Waals surface area contributed by atoms with E-state index < -0.39 is 0 Å². The molecule has 1 saturated heterocycles. The van der Waals surface area contributed by atoms with Gasteiger partial charge in [0, 0.05) is 29.4 Å². The number of benzene rings is 1. The minimum Gasteiger partial charge on any atom is -0.497 e. The summed E-state index contributed by atoms with van der Waals surface area (Å²) in [5.74, 6) is 7.31. The lowest BCUT2D eigenvalue weighted by Crippen LogP contribution is -2.32. The summed E-state index contributed by atoms with van der Waals surface area (Å²) < 4.78 is 11.0. The molecular formula is C20H18N4O3S. The summed E-state index contributed by atoms with van der Waals surface area (Å²) in [6.45, 7) is 2.16. The maximum absolute atomic E-state index is 11.6. The highest BCUT2D eigenvalue weighted by Gasteiger charge is 2.19. The van der Waals surface area contributed by atoms with Crippen LogP contribution in [0.3, 0.4) is 0 Å². The molecule has 1 aliphatic rings. The Morgan fingerprint density at radius 1 is 1.18 bits per heavy atom. The van der Waals surface area contributed by atoms with Gasteiger partial charge in [-0.3, -0.25) is 0 Å². The summed E-state index contributed by atoms with van der Waals surface area (Å²) in [6, 6.07) is 7.42. The second-order valence-electron chi connectivity index (χ2n) is 6.07. The van der Waals surface area contributed by atoms with Crippen molar-refractivity contribution < 1.29 is 14.3 Å². The van der Waals surface area contributed by atoms with Crippen molar-refractivity contribution in [3.05, 3.63) is 46.3 Å². The van der Waals surface area contributed by atoms with Crippen LogP contribution in [0.1, 0.15) is 11.3 Å². The fourth-order valence-corrected chi connectivity index (χ4v) is 3.42. The molecule has 3 aromatic rings. The summed E-state index contributed by atoms with van der Waals surface area (Å²) in [5, 5.41) is 6.62. The van der Waals surface area contributed by atoms with Crippen LogP contribution in [0.2, 0.25) is 0 Å². The topological polar surface area (TPSA) is 76.6 Å². The number of carbonyl (C=O) groups is 1. The zero-order chi connectivity index (χ0) is 19.3. The summed E-state index contributed by atoms with van der Waals surface area (Å²) in [4.78, 5) is 22.5. The molecule has 0 atom stereocenters. The first-order valence-electron chi connectivity index (χ1n) is 8.78. The molecule has 8 heteroatoms. The van der Waals surface area contributed by atoms with E-state index in [9.17, 15) is 4.79 Å². The van der Waals surface area contributed by atoms with Crippen LogP contribution in [-0.2, 0) is 0 Å². The van der Waals surface area contributed by atoms with E-state index in [-0.39, 0.29) is 6.03 Å². The fourth-order valence-electron chi connectivity index (χ4n) is 2.75. The number of rotatable bonds is 5. The van der Waals surface area contributed by atoms with Gasteiger partial charge in [0.15, 0.2) is 5.69 Å². The summed E-state index contributed by atoms with van der Waals surface area (Å²) >= 11 is 1.53. The zero-order valence-corrected chi connectivity index (χ0v) is 16.1. The van der Waals surface area contributed by atoms with E-state index in [0.717, 1.165) is 22.3 Å². The first-order valence-corrected chi connectivity index (χ1v) is 9.73. The van der Waals surface area contributed by atoms with Crippen molar-refractivity contribution in [2.45, 2.75) is 0 Å². The average Bonchev–Trinajstić information content (AvgIpc) is 3.35. The van der Waals surface area contributed by atoms with Crippen molar-refractivity contribution in [3.8, 4) is 23.5 Å². The molecule has 3 heterocycles. The molecular weight excluding hydrogens is 376 g/mol. The van der Waals surface area contributed by atoms with Crippen LogP contribution < -0.4 is 14.8 Å². The van der Waals surface area contributed by atoms with E-state index in [1.165, 1.54) is 11.3 Å². The van der Waals surface area contributed by atoms with Gasteiger partial charge in [0.1, 0.15) is 23.4 Å². The second-order valence-corrected chi connectivity index (χ2v) is 6.81. The number of hydrogen-bond donors (Lipinski definition) is 1. The molecule has 1 aromatic carbocycles. The van der Waals surface area contributed by atoms with Gasteiger partial charge < -0.3 is 19.7 Å². The molecule has 142 valence electrons. The highest BCUT2D eigenvalue weighted by molar-refractivity contribution is 7.09. The molecule has 1 fully saturated rings. The smallest absolute Gasteiger partial charge is 0.317 e. The van der Waals surface area contributed by atoms with Crippen molar-refractivity contribution in [2.24, 2.45) is 0 Å². The van der Waals surface area contributed by atoms with Crippen LogP contribution in [-0.4, -0.2) is 54.2 Å². The van der Waals surface area contributed by atoms with Gasteiger partial charge in [0.05, 0.1) is 13.7 Å². The molecule has 0 saturated carbocycles. The minimum absolute atomic E-state index is 0.0671. The number of amides is 2. The van der Waals surface area contributed by atoms with Gasteiger partial charge in [-0.1, -0.05) is 5.92 Å². The quantitative estimate of drug-likeness (QED) is 0.673. The van der Waals surface area contributed by atoms with Gasteiger partial charge in [-0.15, -0.1) is 11.3 Å². The highest BCUT2D eigenvalue weighted by Crippen LogP contribution is 2.21. The largest absolute Gasteiger partial charge is 0.497 e. The Bertz CT molecular complexity index is 1050. The lowest BCUT2D eigenvalue weighted by molar-refractivity contribution is 0.201. The predicted molar refractivity (Wildman–Crippen MR) is 107 cm³/mol. The Morgan fingerprint density at radius 3 is 2.68 bits per heavy atom. The van der Waals surface area contributed by atoms with E-state index in [0.29, 0.717) is 37.8 Å². The van der Waals surface area contributed by atoms with Crippen LogP contribution in [0.25, 0.3) is 11.0 Å². The van der Waals surface area contributed by atoms with Gasteiger partial charge >= 0.3 is 6.03 Å². The molecule has 28 heavy (non-hydrogen) atoms. The van der Waals surface area contributed by atoms with E-state index >= 15 is 0 Å². The molecule has 0 bridgehead atoms. The lowest BCUT2D eigenvalue weighted by atomic mass is 10.2. The Labute approximate surface area is 166 Å². The fraction of sp³-hybridized carbons (Fsp3) is 0.250. The standard InChI is InChI=1S/C20H18N4O3S/c1-26-15-5-2-14(3-6-15)4-7-16-19(23-18-13-28-12-17(18)22-16)27-11-10-24-9-8-21-20(24)25/h2-3,5-6,12-13H,8-11H2,1H3,(H,21,25). The monoisotopic (exact) mass is 394 g/mol. The van der Waals surface area contributed by atoms with Crippen LogP contribution in [0, 0.1) is 11.8 Å². The number of aromatic nitrogens is 2. The molecule has 0 aliphatic carbocycles. The van der Waals surface area contributed by atoms with E-state index in [1.54, 1.807) is 12.0 Å². The number of fused-ring (bicyclic) bond motifs is 1. The number of urea groups is 1. The lowest BCUT2D eigenvalue weighted by Gasteiger charge is -2.14. The van der Waals surface area contributed by atoms with E-state index in [4.69, 9.17) is 9.47 Å². The first-order chi connectivity index (χ1) is 13.7. The Hall–Kier alpha value is -3.31. The van der Waals surface area contributed by atoms with Gasteiger partial charge in [-0.25, -0.2) is 14.8 Å². The molecule has 0 radical (unpaired) electrons. The molecule has 0 unspecified atom stereocenters. The third-order valence-electron chi connectivity index (χ3n) is 4.24. The van der Waals surface area contributed by atoms with Crippen molar-refractivity contribution in [1.29, 1.82) is 0 Å². The van der Waals surface area contributed by atoms with Gasteiger partial charge in [-0.2, -0.15) is 0 Å². The van der Waals surface area contributed by atoms with Crippen LogP contribution in [0.4, 0.5) is 4.79 Å². The van der Waals surface area contributed by atoms with Gasteiger partial charge in [0.2, 0.25) is 5.88 Å². The minimum atomic E-state index is -0.0671. The van der Waals surface area contributed by atoms with Crippen molar-refractivity contribution in [1.82, 2.24) is 20.2 Å². The van der Waals surface area contributed by atoms with Crippen molar-refractivity contribution in [3.63, 3.8) is 0 Å². The number of hydrogen-bond acceptors (Lipinski definition) is 6. The van der Waals surface area contributed by atoms with Crippen molar-refractivity contribution in [2.75, 3.05) is 33.4 Å². The number of ether oxygens (including phenoxy) is 2. The third kappa shape index (κ3) is 4.00. The number of thiophene rings is 1. The summed E-state index contributed by atoms with van der Waals surface area (Å²) in [5.41, 5.74) is 2.88. The Morgan fingerprint density at radius 2 is 1.96 bits per heavy atom.